The van der Waals surface area contributed by atoms with Gasteiger partial charge in [-0.25, -0.2) is 0 Å². The maximum atomic E-state index is 13.3. The van der Waals surface area contributed by atoms with Gasteiger partial charge in [-0.05, 0) is 51.9 Å². The third kappa shape index (κ3) is 8.84. The summed E-state index contributed by atoms with van der Waals surface area (Å²) in [6, 6.07) is -2.69. The maximum Gasteiger partial charge on any atom is 0.306 e. The second kappa shape index (κ2) is 15.1. The number of ether oxygens (including phenoxy) is 1. The van der Waals surface area contributed by atoms with Gasteiger partial charge in [-0.2, -0.15) is 0 Å². The van der Waals surface area contributed by atoms with Crippen LogP contribution in [-0.2, 0) is 33.5 Å². The number of carboxylic acids is 1. The first kappa shape index (κ1) is 30.8. The second-order valence-electron chi connectivity index (χ2n) is 9.71. The zero-order valence-electron chi connectivity index (χ0n) is 22.2. The van der Waals surface area contributed by atoms with Gasteiger partial charge in [0, 0.05) is 32.4 Å². The Hall–Kier alpha value is -3.44. The topological polar surface area (TPSA) is 176 Å². The highest BCUT2D eigenvalue weighted by molar-refractivity contribution is 5.95. The minimum absolute atomic E-state index is 0.00210. The summed E-state index contributed by atoms with van der Waals surface area (Å²) in [4.78, 5) is 76.8. The lowest BCUT2D eigenvalue weighted by Gasteiger charge is -2.32. The van der Waals surface area contributed by atoms with Gasteiger partial charge in [0.15, 0.2) is 0 Å². The fourth-order valence-electron chi connectivity index (χ4n) is 4.82. The zero-order chi connectivity index (χ0) is 28.2. The number of allylic oxidation sites excluding steroid dienone is 2. The molecule has 0 radical (unpaired) electrons. The van der Waals surface area contributed by atoms with Crippen LogP contribution in [0.3, 0.4) is 0 Å². The number of carbonyl (C=O) groups is 6. The van der Waals surface area contributed by atoms with Crippen LogP contribution in [0, 0.1) is 0 Å². The summed E-state index contributed by atoms with van der Waals surface area (Å²) in [6.45, 7) is 4.24. The van der Waals surface area contributed by atoms with Crippen LogP contribution in [-0.4, -0.2) is 87.8 Å². The number of carbonyl (C=O) groups excluding carboxylic acids is 5. The number of amides is 4. The van der Waals surface area contributed by atoms with Gasteiger partial charge in [0.2, 0.25) is 23.6 Å². The van der Waals surface area contributed by atoms with E-state index in [0.29, 0.717) is 58.0 Å². The summed E-state index contributed by atoms with van der Waals surface area (Å²) < 4.78 is 5.29. The van der Waals surface area contributed by atoms with Crippen molar-refractivity contribution in [2.24, 2.45) is 5.73 Å². The molecule has 2 saturated heterocycles. The molecule has 2 fully saturated rings. The Kier molecular flexibility index (Phi) is 12.2. The molecular formula is C26H40N4O8. The van der Waals surface area contributed by atoms with Crippen molar-refractivity contribution < 1.29 is 38.6 Å². The van der Waals surface area contributed by atoms with E-state index in [1.165, 1.54) is 11.8 Å². The summed E-state index contributed by atoms with van der Waals surface area (Å²) in [5, 5.41) is 11.2. The molecule has 0 aromatic carbocycles. The van der Waals surface area contributed by atoms with Crippen molar-refractivity contribution in [3.8, 4) is 0 Å². The summed E-state index contributed by atoms with van der Waals surface area (Å²) in [6.07, 6.45) is 6.32. The van der Waals surface area contributed by atoms with Gasteiger partial charge in [0.1, 0.15) is 24.2 Å². The van der Waals surface area contributed by atoms with Crippen LogP contribution < -0.4 is 11.1 Å². The molecule has 212 valence electrons. The van der Waals surface area contributed by atoms with Gasteiger partial charge in [-0.15, -0.1) is 0 Å². The van der Waals surface area contributed by atoms with Crippen LogP contribution in [0.5, 0.6) is 0 Å². The number of primary amides is 1. The number of nitrogens with zero attached hydrogens (tertiary/aromatic N) is 2. The molecule has 0 bridgehead atoms. The van der Waals surface area contributed by atoms with Crippen molar-refractivity contribution in [2.75, 3.05) is 13.1 Å². The first-order chi connectivity index (χ1) is 18.1. The second-order valence-corrected chi connectivity index (χ2v) is 9.71. The molecule has 0 saturated carbocycles. The lowest BCUT2D eigenvalue weighted by atomic mass is 10.1. The number of hydrogen-bond donors (Lipinski definition) is 3. The number of rotatable bonds is 14. The SMILES string of the molecule is CCCC(=O)N1CCC[C@H]1C(=O)N1CCC[C@H]1C(=O)NC(C(N)=O)[C@@H](C)OC(=O)CC/C=C/CCC(=O)O. The van der Waals surface area contributed by atoms with E-state index < -0.39 is 48.0 Å². The Morgan fingerprint density at radius 2 is 1.58 bits per heavy atom. The summed E-state index contributed by atoms with van der Waals surface area (Å²) >= 11 is 0. The molecule has 2 rings (SSSR count). The van der Waals surface area contributed by atoms with Gasteiger partial charge < -0.3 is 30.7 Å². The number of nitrogens with two attached hydrogens (primary N) is 1. The summed E-state index contributed by atoms with van der Waals surface area (Å²) in [5.74, 6) is -3.28. The lowest BCUT2D eigenvalue weighted by molar-refractivity contribution is -0.152. The molecule has 4 atom stereocenters. The molecule has 12 nitrogen and oxygen atoms in total. The van der Waals surface area contributed by atoms with Gasteiger partial charge >= 0.3 is 11.9 Å². The monoisotopic (exact) mass is 536 g/mol. The summed E-state index contributed by atoms with van der Waals surface area (Å²) in [7, 11) is 0. The molecule has 0 aromatic rings. The number of hydrogen-bond acceptors (Lipinski definition) is 7. The molecule has 0 aromatic heterocycles. The van der Waals surface area contributed by atoms with E-state index in [-0.39, 0.29) is 24.7 Å². The standard InChI is InChI=1S/C26H40N4O8/c1-3-10-20(31)29-15-9-12-19(29)26(37)30-16-8-11-18(30)25(36)28-23(24(27)35)17(2)38-22(34)14-7-5-4-6-13-21(32)33/h4-5,17-19,23H,3,6-16H2,1-2H3,(H2,27,35)(H,28,36)(H,32,33)/b5-4+/t17-,18+,19+,23?/m1/s1. The van der Waals surface area contributed by atoms with Crippen molar-refractivity contribution in [1.82, 2.24) is 15.1 Å². The van der Waals surface area contributed by atoms with Crippen molar-refractivity contribution in [3.05, 3.63) is 12.2 Å². The fourth-order valence-corrected chi connectivity index (χ4v) is 4.82. The maximum absolute atomic E-state index is 13.3. The Morgan fingerprint density at radius 1 is 0.974 bits per heavy atom. The van der Waals surface area contributed by atoms with E-state index in [1.807, 2.05) is 6.92 Å². The smallest absolute Gasteiger partial charge is 0.306 e. The van der Waals surface area contributed by atoms with Crippen LogP contribution in [0.15, 0.2) is 12.2 Å². The number of aliphatic carboxylic acids is 1. The normalized spacial score (nSPS) is 20.8. The molecule has 4 amide bonds. The van der Waals surface area contributed by atoms with E-state index in [9.17, 15) is 28.8 Å². The van der Waals surface area contributed by atoms with Gasteiger partial charge in [-0.1, -0.05) is 19.1 Å². The summed E-state index contributed by atoms with van der Waals surface area (Å²) in [5.41, 5.74) is 5.48. The van der Waals surface area contributed by atoms with Crippen LogP contribution in [0.2, 0.25) is 0 Å². The largest absolute Gasteiger partial charge is 0.481 e. The Morgan fingerprint density at radius 3 is 2.18 bits per heavy atom. The Bertz CT molecular complexity index is 921. The number of esters is 1. The minimum atomic E-state index is -1.29. The highest BCUT2D eigenvalue weighted by Crippen LogP contribution is 2.26. The predicted molar refractivity (Wildman–Crippen MR) is 136 cm³/mol. The molecule has 0 aliphatic carbocycles. The molecule has 1 unspecified atom stereocenters. The average Bonchev–Trinajstić information content (AvgIpc) is 3.54. The van der Waals surface area contributed by atoms with E-state index in [2.05, 4.69) is 5.32 Å². The third-order valence-electron chi connectivity index (χ3n) is 6.76. The lowest BCUT2D eigenvalue weighted by Crippen LogP contribution is -2.58. The molecule has 2 heterocycles. The van der Waals surface area contributed by atoms with Crippen molar-refractivity contribution in [2.45, 2.75) is 102 Å². The minimum Gasteiger partial charge on any atom is -0.481 e. The van der Waals surface area contributed by atoms with Crippen molar-refractivity contribution in [3.63, 3.8) is 0 Å². The van der Waals surface area contributed by atoms with Crippen molar-refractivity contribution >= 4 is 35.6 Å². The van der Waals surface area contributed by atoms with Crippen molar-refractivity contribution in [1.29, 1.82) is 0 Å². The van der Waals surface area contributed by atoms with Gasteiger partial charge in [-0.3, -0.25) is 28.8 Å². The van der Waals surface area contributed by atoms with Crippen LogP contribution in [0.25, 0.3) is 0 Å². The number of nitrogens with one attached hydrogen (secondary N) is 1. The quantitative estimate of drug-likeness (QED) is 0.216. The van der Waals surface area contributed by atoms with E-state index in [0.717, 1.165) is 6.42 Å². The fraction of sp³-hybridized carbons (Fsp3) is 0.692. The van der Waals surface area contributed by atoms with Gasteiger partial charge in [0.25, 0.3) is 0 Å². The molecule has 38 heavy (non-hydrogen) atoms. The van der Waals surface area contributed by atoms with E-state index in [4.69, 9.17) is 15.6 Å². The first-order valence-electron chi connectivity index (χ1n) is 13.3. The van der Waals surface area contributed by atoms with Gasteiger partial charge in [0.05, 0.1) is 0 Å². The van der Waals surface area contributed by atoms with E-state index >= 15 is 0 Å². The highest BCUT2D eigenvalue weighted by Gasteiger charge is 2.42. The Balaban J connectivity index is 1.94. The zero-order valence-corrected chi connectivity index (χ0v) is 22.2. The Labute approximate surface area is 222 Å². The molecule has 2 aliphatic heterocycles. The molecular weight excluding hydrogens is 496 g/mol. The first-order valence-corrected chi connectivity index (χ1v) is 13.3. The van der Waals surface area contributed by atoms with Crippen LogP contribution in [0.4, 0.5) is 0 Å². The number of carboxylic acid groups (broad SMARTS) is 1. The highest BCUT2D eigenvalue weighted by atomic mass is 16.5. The van der Waals surface area contributed by atoms with Crippen LogP contribution in [0.1, 0.15) is 78.1 Å². The average molecular weight is 537 g/mol. The molecule has 2 aliphatic rings. The van der Waals surface area contributed by atoms with E-state index in [1.54, 1.807) is 17.1 Å². The molecule has 4 N–H and O–H groups in total. The predicted octanol–water partition coefficient (Wildman–Crippen LogP) is 0.872. The molecule has 12 heteroatoms. The third-order valence-corrected chi connectivity index (χ3v) is 6.76. The van der Waals surface area contributed by atoms with Crippen LogP contribution >= 0.6 is 0 Å². The molecule has 0 spiro atoms. The number of likely N-dealkylation sites (tertiary alicyclic amines) is 2.